The molecule has 0 saturated carbocycles. The first-order chi connectivity index (χ1) is 11.2. The van der Waals surface area contributed by atoms with Gasteiger partial charge in [-0.15, -0.1) is 0 Å². The van der Waals surface area contributed by atoms with Crippen LogP contribution < -0.4 is 5.56 Å². The lowest BCUT2D eigenvalue weighted by Crippen LogP contribution is -2.12. The summed E-state index contributed by atoms with van der Waals surface area (Å²) >= 11 is 0. The molecule has 23 heavy (non-hydrogen) atoms. The molecule has 0 fully saturated rings. The molecule has 3 heterocycles. The van der Waals surface area contributed by atoms with Crippen molar-refractivity contribution in [3.05, 3.63) is 64.7 Å². The van der Waals surface area contributed by atoms with Gasteiger partial charge in [0.1, 0.15) is 5.82 Å². The van der Waals surface area contributed by atoms with E-state index in [2.05, 4.69) is 25.1 Å². The second kappa shape index (κ2) is 5.17. The smallest absolute Gasteiger partial charge is 0.275 e. The first-order valence-electron chi connectivity index (χ1n) is 7.18. The van der Waals surface area contributed by atoms with Crippen LogP contribution >= 0.6 is 0 Å². The maximum atomic E-state index is 12.2. The Bertz CT molecular complexity index is 1050. The van der Waals surface area contributed by atoms with Gasteiger partial charge in [-0.3, -0.25) is 9.78 Å². The molecule has 0 unspecified atom stereocenters. The van der Waals surface area contributed by atoms with Gasteiger partial charge >= 0.3 is 0 Å². The fourth-order valence-electron chi connectivity index (χ4n) is 2.55. The van der Waals surface area contributed by atoms with Gasteiger partial charge in [-0.05, 0) is 36.8 Å². The van der Waals surface area contributed by atoms with E-state index < -0.39 is 0 Å². The van der Waals surface area contributed by atoms with Crippen LogP contribution in [-0.2, 0) is 0 Å². The quantitative estimate of drug-likeness (QED) is 0.596. The van der Waals surface area contributed by atoms with Gasteiger partial charge in [0, 0.05) is 18.0 Å². The van der Waals surface area contributed by atoms with Crippen LogP contribution in [0.1, 0.15) is 5.56 Å². The SMILES string of the molecule is Cc1cccc2nc(-c3cc(-c4ccncc4)n[nH]c3=O)[nH]c12. The number of nitrogens with zero attached hydrogens (tertiary/aromatic N) is 3. The van der Waals surface area contributed by atoms with Crippen molar-refractivity contribution in [2.24, 2.45) is 0 Å². The molecule has 0 spiro atoms. The predicted octanol–water partition coefficient (Wildman–Crippen LogP) is 2.68. The predicted molar refractivity (Wildman–Crippen MR) is 87.9 cm³/mol. The summed E-state index contributed by atoms with van der Waals surface area (Å²) in [4.78, 5) is 23.9. The van der Waals surface area contributed by atoms with Crippen LogP contribution in [0.3, 0.4) is 0 Å². The molecule has 0 saturated heterocycles. The van der Waals surface area contributed by atoms with Crippen LogP contribution in [0, 0.1) is 6.92 Å². The van der Waals surface area contributed by atoms with E-state index in [-0.39, 0.29) is 5.56 Å². The minimum Gasteiger partial charge on any atom is -0.338 e. The molecule has 0 aliphatic heterocycles. The number of rotatable bonds is 2. The number of aromatic nitrogens is 5. The molecule has 112 valence electrons. The Morgan fingerprint density at radius 3 is 2.70 bits per heavy atom. The third kappa shape index (κ3) is 2.30. The number of nitrogens with one attached hydrogen (secondary N) is 2. The third-order valence-corrected chi connectivity index (χ3v) is 3.76. The number of benzene rings is 1. The summed E-state index contributed by atoms with van der Waals surface area (Å²) in [5, 5.41) is 6.64. The van der Waals surface area contributed by atoms with Crippen molar-refractivity contribution in [3.63, 3.8) is 0 Å². The summed E-state index contributed by atoms with van der Waals surface area (Å²) in [7, 11) is 0. The first-order valence-corrected chi connectivity index (χ1v) is 7.18. The highest BCUT2D eigenvalue weighted by Gasteiger charge is 2.12. The summed E-state index contributed by atoms with van der Waals surface area (Å²) < 4.78 is 0. The number of aromatic amines is 2. The molecular formula is C17H13N5O. The van der Waals surface area contributed by atoms with Gasteiger partial charge in [-0.1, -0.05) is 12.1 Å². The zero-order valence-electron chi connectivity index (χ0n) is 12.4. The third-order valence-electron chi connectivity index (χ3n) is 3.76. The lowest BCUT2D eigenvalue weighted by molar-refractivity contribution is 0.993. The normalized spacial score (nSPS) is 11.0. The van der Waals surface area contributed by atoms with Gasteiger partial charge in [-0.25, -0.2) is 10.1 Å². The Morgan fingerprint density at radius 1 is 1.09 bits per heavy atom. The molecule has 6 heteroatoms. The molecule has 2 N–H and O–H groups in total. The molecule has 0 amide bonds. The second-order valence-corrected chi connectivity index (χ2v) is 5.29. The van der Waals surface area contributed by atoms with Crippen molar-refractivity contribution in [1.29, 1.82) is 0 Å². The van der Waals surface area contributed by atoms with E-state index in [1.54, 1.807) is 18.5 Å². The molecule has 0 atom stereocenters. The number of fused-ring (bicyclic) bond motifs is 1. The van der Waals surface area contributed by atoms with E-state index in [4.69, 9.17) is 0 Å². The highest BCUT2D eigenvalue weighted by molar-refractivity contribution is 5.82. The van der Waals surface area contributed by atoms with Crippen LogP contribution in [0.4, 0.5) is 0 Å². The zero-order chi connectivity index (χ0) is 15.8. The monoisotopic (exact) mass is 303 g/mol. The van der Waals surface area contributed by atoms with E-state index in [9.17, 15) is 4.79 Å². The maximum Gasteiger partial charge on any atom is 0.275 e. The summed E-state index contributed by atoms with van der Waals surface area (Å²) in [5.74, 6) is 0.535. The van der Waals surface area contributed by atoms with Crippen molar-refractivity contribution in [2.45, 2.75) is 6.92 Å². The maximum absolute atomic E-state index is 12.2. The van der Waals surface area contributed by atoms with Crippen LogP contribution in [0.2, 0.25) is 0 Å². The average molecular weight is 303 g/mol. The lowest BCUT2D eigenvalue weighted by Gasteiger charge is -2.01. The fraction of sp³-hybridized carbons (Fsp3) is 0.0588. The van der Waals surface area contributed by atoms with Gasteiger partial charge in [0.05, 0.1) is 22.3 Å². The minimum absolute atomic E-state index is 0.278. The average Bonchev–Trinajstić information content (AvgIpc) is 3.01. The molecule has 0 aliphatic carbocycles. The molecule has 0 aliphatic rings. The number of imidazole rings is 1. The van der Waals surface area contributed by atoms with Crippen LogP contribution in [-0.4, -0.2) is 25.1 Å². The Balaban J connectivity index is 1.90. The zero-order valence-corrected chi connectivity index (χ0v) is 12.4. The Labute approximate surface area is 131 Å². The first kappa shape index (κ1) is 13.4. The molecule has 0 radical (unpaired) electrons. The van der Waals surface area contributed by atoms with Gasteiger partial charge < -0.3 is 4.98 Å². The number of pyridine rings is 1. The van der Waals surface area contributed by atoms with Crippen LogP contribution in [0.5, 0.6) is 0 Å². The number of para-hydroxylation sites is 1. The molecule has 1 aromatic carbocycles. The highest BCUT2D eigenvalue weighted by Crippen LogP contribution is 2.23. The topological polar surface area (TPSA) is 87.3 Å². The van der Waals surface area contributed by atoms with Crippen molar-refractivity contribution in [1.82, 2.24) is 25.1 Å². The summed E-state index contributed by atoms with van der Waals surface area (Å²) in [6.45, 7) is 2.00. The van der Waals surface area contributed by atoms with E-state index in [0.29, 0.717) is 17.1 Å². The summed E-state index contributed by atoms with van der Waals surface area (Å²) in [6, 6.07) is 11.3. The van der Waals surface area contributed by atoms with Crippen molar-refractivity contribution in [2.75, 3.05) is 0 Å². The standard InChI is InChI=1S/C17H13N5O/c1-10-3-2-4-13-15(10)20-16(19-13)12-9-14(21-22-17(12)23)11-5-7-18-8-6-11/h2-9H,1H3,(H,19,20)(H,22,23). The van der Waals surface area contributed by atoms with Gasteiger partial charge in [0.2, 0.25) is 0 Å². The van der Waals surface area contributed by atoms with Crippen LogP contribution in [0.15, 0.2) is 53.6 Å². The van der Waals surface area contributed by atoms with E-state index in [1.807, 2.05) is 37.3 Å². The molecule has 3 aromatic heterocycles. The van der Waals surface area contributed by atoms with E-state index >= 15 is 0 Å². The largest absolute Gasteiger partial charge is 0.338 e. The number of hydrogen-bond donors (Lipinski definition) is 2. The second-order valence-electron chi connectivity index (χ2n) is 5.29. The molecule has 6 nitrogen and oxygen atoms in total. The summed E-state index contributed by atoms with van der Waals surface area (Å²) in [5.41, 5.74) is 4.58. The van der Waals surface area contributed by atoms with Crippen molar-refractivity contribution < 1.29 is 0 Å². The van der Waals surface area contributed by atoms with E-state index in [1.165, 1.54) is 0 Å². The Morgan fingerprint density at radius 2 is 1.91 bits per heavy atom. The minimum atomic E-state index is -0.278. The highest BCUT2D eigenvalue weighted by atomic mass is 16.1. The Hall–Kier alpha value is -3.28. The molecular weight excluding hydrogens is 290 g/mol. The Kier molecular flexibility index (Phi) is 3.01. The van der Waals surface area contributed by atoms with Gasteiger partial charge in [0.15, 0.2) is 0 Å². The van der Waals surface area contributed by atoms with Gasteiger partial charge in [-0.2, -0.15) is 5.10 Å². The number of hydrogen-bond acceptors (Lipinski definition) is 4. The van der Waals surface area contributed by atoms with Gasteiger partial charge in [0.25, 0.3) is 5.56 Å². The van der Waals surface area contributed by atoms with Crippen molar-refractivity contribution in [3.8, 4) is 22.6 Å². The number of H-pyrrole nitrogens is 2. The lowest BCUT2D eigenvalue weighted by atomic mass is 10.1. The molecule has 0 bridgehead atoms. The number of aryl methyl sites for hydroxylation is 1. The summed E-state index contributed by atoms with van der Waals surface area (Å²) in [6.07, 6.45) is 3.37. The molecule has 4 rings (SSSR count). The van der Waals surface area contributed by atoms with Crippen LogP contribution in [0.25, 0.3) is 33.7 Å². The molecule has 4 aromatic rings. The van der Waals surface area contributed by atoms with Crippen molar-refractivity contribution >= 4 is 11.0 Å². The van der Waals surface area contributed by atoms with E-state index in [0.717, 1.165) is 22.2 Å². The fourth-order valence-corrected chi connectivity index (χ4v) is 2.55.